The molecule has 1 saturated carbocycles. The first-order valence-electron chi connectivity index (χ1n) is 8.82. The zero-order valence-corrected chi connectivity index (χ0v) is 16.6. The number of nitrogens with zero attached hydrogens (tertiary/aromatic N) is 1. The molecular formula is C20H21ClFNO3S. The van der Waals surface area contributed by atoms with E-state index in [2.05, 4.69) is 0 Å². The molecule has 0 bridgehead atoms. The average Bonchev–Trinajstić information content (AvgIpc) is 3.29. The van der Waals surface area contributed by atoms with E-state index in [-0.39, 0.29) is 18.3 Å². The van der Waals surface area contributed by atoms with Crippen LogP contribution < -0.4 is 0 Å². The highest BCUT2D eigenvalue weighted by molar-refractivity contribution is 7.16. The van der Waals surface area contributed by atoms with Gasteiger partial charge in [-0.25, -0.2) is 4.39 Å². The number of benzene rings is 1. The smallest absolute Gasteiger partial charge is 0.317 e. The molecule has 2 aromatic rings. The predicted molar refractivity (Wildman–Crippen MR) is 103 cm³/mol. The molecule has 0 atom stereocenters. The summed E-state index contributed by atoms with van der Waals surface area (Å²) in [5.74, 6) is -1.12. The third-order valence-electron chi connectivity index (χ3n) is 5.00. The van der Waals surface area contributed by atoms with Gasteiger partial charge in [0.05, 0.1) is 16.3 Å². The molecule has 0 N–H and O–H groups in total. The Kier molecular flexibility index (Phi) is 6.17. The lowest BCUT2D eigenvalue weighted by Gasteiger charge is -2.27. The van der Waals surface area contributed by atoms with E-state index in [1.807, 2.05) is 6.07 Å². The summed E-state index contributed by atoms with van der Waals surface area (Å²) in [6.07, 6.45) is 2.96. The maximum Gasteiger partial charge on any atom is 0.317 e. The molecule has 0 spiro atoms. The Morgan fingerprint density at radius 3 is 2.63 bits per heavy atom. The Balaban J connectivity index is 1.63. The topological polar surface area (TPSA) is 46.6 Å². The highest BCUT2D eigenvalue weighted by Crippen LogP contribution is 2.42. The van der Waals surface area contributed by atoms with Gasteiger partial charge in [-0.2, -0.15) is 0 Å². The summed E-state index contributed by atoms with van der Waals surface area (Å²) in [7, 11) is 1.65. The van der Waals surface area contributed by atoms with Crippen LogP contribution in [0.25, 0.3) is 0 Å². The van der Waals surface area contributed by atoms with Crippen LogP contribution in [0.1, 0.15) is 36.1 Å². The molecule has 0 aliphatic heterocycles. The molecule has 1 heterocycles. The second-order valence-electron chi connectivity index (χ2n) is 6.83. The van der Waals surface area contributed by atoms with Crippen molar-refractivity contribution in [1.29, 1.82) is 0 Å². The molecule has 1 aromatic carbocycles. The molecular weight excluding hydrogens is 389 g/mol. The number of esters is 1. The maximum absolute atomic E-state index is 13.7. The molecule has 27 heavy (non-hydrogen) atoms. The van der Waals surface area contributed by atoms with Crippen LogP contribution in [-0.4, -0.2) is 30.4 Å². The van der Waals surface area contributed by atoms with Gasteiger partial charge in [-0.05, 0) is 42.7 Å². The van der Waals surface area contributed by atoms with E-state index in [0.29, 0.717) is 29.3 Å². The monoisotopic (exact) mass is 409 g/mol. The molecule has 1 fully saturated rings. The second kappa shape index (κ2) is 8.40. The van der Waals surface area contributed by atoms with Gasteiger partial charge in [0.15, 0.2) is 6.61 Å². The number of hydrogen-bond donors (Lipinski definition) is 0. The lowest BCUT2D eigenvalue weighted by atomic mass is 9.79. The summed E-state index contributed by atoms with van der Waals surface area (Å²) in [5, 5.41) is 0. The minimum Gasteiger partial charge on any atom is -0.455 e. The van der Waals surface area contributed by atoms with Crippen molar-refractivity contribution in [2.75, 3.05) is 13.7 Å². The third kappa shape index (κ3) is 4.50. The molecule has 1 aromatic heterocycles. The van der Waals surface area contributed by atoms with E-state index in [1.165, 1.54) is 28.4 Å². The van der Waals surface area contributed by atoms with Gasteiger partial charge < -0.3 is 9.64 Å². The van der Waals surface area contributed by atoms with Crippen LogP contribution >= 0.6 is 22.9 Å². The molecule has 0 radical (unpaired) electrons. The number of carbonyl (C=O) groups is 2. The first-order chi connectivity index (χ1) is 12.9. The molecule has 0 unspecified atom stereocenters. The van der Waals surface area contributed by atoms with E-state index in [0.717, 1.165) is 17.7 Å². The molecule has 1 amide bonds. The normalized spacial score (nSPS) is 15.5. The van der Waals surface area contributed by atoms with Crippen LogP contribution in [0.4, 0.5) is 4.39 Å². The van der Waals surface area contributed by atoms with Gasteiger partial charge in [0, 0.05) is 11.9 Å². The lowest BCUT2D eigenvalue weighted by molar-refractivity contribution is -0.156. The maximum atomic E-state index is 13.7. The molecule has 1 aliphatic rings. The summed E-state index contributed by atoms with van der Waals surface area (Å²) in [6.45, 7) is 0.0777. The van der Waals surface area contributed by atoms with Crippen LogP contribution in [0.15, 0.2) is 36.4 Å². The van der Waals surface area contributed by atoms with E-state index in [4.69, 9.17) is 16.3 Å². The van der Waals surface area contributed by atoms with Crippen molar-refractivity contribution >= 4 is 34.8 Å². The molecule has 4 nitrogen and oxygen atoms in total. The Hall–Kier alpha value is -1.92. The highest BCUT2D eigenvalue weighted by Gasteiger charge is 2.44. The van der Waals surface area contributed by atoms with Crippen molar-refractivity contribution in [2.24, 2.45) is 0 Å². The van der Waals surface area contributed by atoms with Crippen LogP contribution in [0.2, 0.25) is 4.34 Å². The number of thiophene rings is 1. The molecule has 3 rings (SSSR count). The van der Waals surface area contributed by atoms with Crippen LogP contribution in [0.5, 0.6) is 0 Å². The first kappa shape index (κ1) is 19.8. The van der Waals surface area contributed by atoms with E-state index < -0.39 is 11.4 Å². The van der Waals surface area contributed by atoms with Gasteiger partial charge >= 0.3 is 5.97 Å². The fourth-order valence-electron chi connectivity index (χ4n) is 3.51. The van der Waals surface area contributed by atoms with Crippen molar-refractivity contribution in [3.8, 4) is 0 Å². The highest BCUT2D eigenvalue weighted by atomic mass is 35.5. The number of likely N-dealkylation sites (N-methyl/N-ethyl adjacent to an activating group) is 1. The number of carbonyl (C=O) groups excluding carboxylic acids is 2. The number of halogens is 2. The molecule has 0 saturated heterocycles. The fourth-order valence-corrected chi connectivity index (χ4v) is 4.65. The molecule has 1 aliphatic carbocycles. The van der Waals surface area contributed by atoms with Gasteiger partial charge in [-0.1, -0.05) is 36.6 Å². The van der Waals surface area contributed by atoms with E-state index in [9.17, 15) is 14.0 Å². The van der Waals surface area contributed by atoms with Crippen LogP contribution in [-0.2, 0) is 26.3 Å². The van der Waals surface area contributed by atoms with Crippen LogP contribution in [0.3, 0.4) is 0 Å². The predicted octanol–water partition coefficient (Wildman–Crippen LogP) is 4.55. The summed E-state index contributed by atoms with van der Waals surface area (Å²) >= 11 is 7.31. The van der Waals surface area contributed by atoms with Gasteiger partial charge in [-0.3, -0.25) is 9.59 Å². The molecule has 144 valence electrons. The van der Waals surface area contributed by atoms with E-state index in [1.54, 1.807) is 25.2 Å². The van der Waals surface area contributed by atoms with Gasteiger partial charge in [0.25, 0.3) is 5.91 Å². The standard InChI is InChI=1S/C20H21ClFNO3S/c1-23(12-16-7-8-17(21)27-16)18(24)13-26-19(25)20(9-2-3-10-20)14-5-4-6-15(22)11-14/h4-8,11H,2-3,9-10,12-13H2,1H3. The summed E-state index contributed by atoms with van der Waals surface area (Å²) in [5.41, 5.74) is -0.235. The Morgan fingerprint density at radius 2 is 2.00 bits per heavy atom. The third-order valence-corrected chi connectivity index (χ3v) is 6.22. The Bertz CT molecular complexity index is 832. The van der Waals surface area contributed by atoms with Crippen molar-refractivity contribution in [3.63, 3.8) is 0 Å². The Morgan fingerprint density at radius 1 is 1.26 bits per heavy atom. The van der Waals surface area contributed by atoms with Gasteiger partial charge in [0.1, 0.15) is 5.82 Å². The number of amides is 1. The number of rotatable bonds is 6. The van der Waals surface area contributed by atoms with Crippen LogP contribution in [0, 0.1) is 5.82 Å². The average molecular weight is 410 g/mol. The second-order valence-corrected chi connectivity index (χ2v) is 8.63. The number of ether oxygens (including phenoxy) is 1. The zero-order valence-electron chi connectivity index (χ0n) is 15.0. The van der Waals surface area contributed by atoms with Crippen molar-refractivity contribution < 1.29 is 18.7 Å². The lowest BCUT2D eigenvalue weighted by Crippen LogP contribution is -2.38. The number of hydrogen-bond acceptors (Lipinski definition) is 4. The summed E-state index contributed by atoms with van der Waals surface area (Å²) < 4.78 is 19.7. The first-order valence-corrected chi connectivity index (χ1v) is 10.0. The van der Waals surface area contributed by atoms with Gasteiger partial charge in [0.2, 0.25) is 0 Å². The zero-order chi connectivity index (χ0) is 19.4. The minimum absolute atomic E-state index is 0.291. The van der Waals surface area contributed by atoms with Crippen molar-refractivity contribution in [1.82, 2.24) is 4.90 Å². The fraction of sp³-hybridized carbons (Fsp3) is 0.400. The van der Waals surface area contributed by atoms with Gasteiger partial charge in [-0.15, -0.1) is 11.3 Å². The molecule has 7 heteroatoms. The largest absolute Gasteiger partial charge is 0.455 e. The minimum atomic E-state index is -0.859. The summed E-state index contributed by atoms with van der Waals surface area (Å²) in [4.78, 5) is 27.6. The SMILES string of the molecule is CN(Cc1ccc(Cl)s1)C(=O)COC(=O)C1(c2cccc(F)c2)CCCC1. The van der Waals surface area contributed by atoms with Crippen molar-refractivity contribution in [2.45, 2.75) is 37.6 Å². The Labute approximate surface area is 166 Å². The summed E-state index contributed by atoms with van der Waals surface area (Å²) in [6, 6.07) is 9.74. The quantitative estimate of drug-likeness (QED) is 0.657. The van der Waals surface area contributed by atoms with E-state index >= 15 is 0 Å². The van der Waals surface area contributed by atoms with Crippen molar-refractivity contribution in [3.05, 3.63) is 57.0 Å².